The predicted molar refractivity (Wildman–Crippen MR) is 68.5 cm³/mol. The van der Waals surface area contributed by atoms with Crippen LogP contribution >= 0.6 is 11.6 Å². The van der Waals surface area contributed by atoms with Crippen molar-refractivity contribution in [1.29, 1.82) is 0 Å². The summed E-state index contributed by atoms with van der Waals surface area (Å²) >= 11 is 5.96. The maximum absolute atomic E-state index is 12.1. The SMILES string of the molecule is O=C1Cc2cc(Cl)ccc2N1C1CCNCC1. The summed E-state index contributed by atoms with van der Waals surface area (Å²) in [5.74, 6) is 0.217. The van der Waals surface area contributed by atoms with Gasteiger partial charge in [0.15, 0.2) is 0 Å². The van der Waals surface area contributed by atoms with Crippen LogP contribution < -0.4 is 10.2 Å². The fourth-order valence-corrected chi connectivity index (χ4v) is 2.97. The lowest BCUT2D eigenvalue weighted by molar-refractivity contribution is -0.117. The van der Waals surface area contributed by atoms with Gasteiger partial charge in [0.2, 0.25) is 5.91 Å². The molecule has 1 amide bonds. The summed E-state index contributed by atoms with van der Waals surface area (Å²) in [5.41, 5.74) is 2.13. The molecule has 0 spiro atoms. The molecule has 2 aliphatic rings. The van der Waals surface area contributed by atoms with E-state index in [1.165, 1.54) is 0 Å². The van der Waals surface area contributed by atoms with Crippen molar-refractivity contribution in [3.8, 4) is 0 Å². The molecule has 3 nitrogen and oxygen atoms in total. The number of fused-ring (bicyclic) bond motifs is 1. The van der Waals surface area contributed by atoms with E-state index in [1.54, 1.807) is 0 Å². The summed E-state index contributed by atoms with van der Waals surface area (Å²) in [4.78, 5) is 14.1. The molecule has 2 aliphatic heterocycles. The van der Waals surface area contributed by atoms with E-state index in [-0.39, 0.29) is 5.91 Å². The highest BCUT2D eigenvalue weighted by molar-refractivity contribution is 6.30. The van der Waals surface area contributed by atoms with Crippen molar-refractivity contribution in [2.24, 2.45) is 0 Å². The number of nitrogens with zero attached hydrogens (tertiary/aromatic N) is 1. The van der Waals surface area contributed by atoms with Crippen molar-refractivity contribution in [2.45, 2.75) is 25.3 Å². The molecule has 1 fully saturated rings. The van der Waals surface area contributed by atoms with Gasteiger partial charge in [-0.2, -0.15) is 0 Å². The largest absolute Gasteiger partial charge is 0.317 e. The Morgan fingerprint density at radius 1 is 1.29 bits per heavy atom. The molecular formula is C13H15ClN2O. The number of amides is 1. The minimum Gasteiger partial charge on any atom is -0.317 e. The first-order valence-electron chi connectivity index (χ1n) is 6.07. The number of rotatable bonds is 1. The number of hydrogen-bond acceptors (Lipinski definition) is 2. The van der Waals surface area contributed by atoms with Gasteiger partial charge in [-0.3, -0.25) is 4.79 Å². The second-order valence-electron chi connectivity index (χ2n) is 4.69. The molecule has 90 valence electrons. The van der Waals surface area contributed by atoms with Crippen LogP contribution in [-0.4, -0.2) is 25.0 Å². The van der Waals surface area contributed by atoms with Gasteiger partial charge in [-0.15, -0.1) is 0 Å². The average molecular weight is 251 g/mol. The zero-order valence-corrected chi connectivity index (χ0v) is 10.3. The molecule has 1 aromatic carbocycles. The molecule has 0 bridgehead atoms. The summed E-state index contributed by atoms with van der Waals surface area (Å²) in [6.07, 6.45) is 2.57. The Bertz CT molecular complexity index is 455. The molecule has 1 N–H and O–H groups in total. The fraction of sp³-hybridized carbons (Fsp3) is 0.462. The molecular weight excluding hydrogens is 236 g/mol. The van der Waals surface area contributed by atoms with Gasteiger partial charge in [0.25, 0.3) is 0 Å². The van der Waals surface area contributed by atoms with Crippen molar-refractivity contribution >= 4 is 23.2 Å². The van der Waals surface area contributed by atoms with Crippen molar-refractivity contribution < 1.29 is 4.79 Å². The lowest BCUT2D eigenvalue weighted by Crippen LogP contribution is -2.44. The number of nitrogens with one attached hydrogen (secondary N) is 1. The lowest BCUT2D eigenvalue weighted by atomic mass is 10.0. The molecule has 4 heteroatoms. The molecule has 17 heavy (non-hydrogen) atoms. The molecule has 1 aromatic rings. The van der Waals surface area contributed by atoms with Crippen molar-refractivity contribution in [3.05, 3.63) is 28.8 Å². The summed E-state index contributed by atoms with van der Waals surface area (Å²) in [5, 5.41) is 4.04. The Morgan fingerprint density at radius 3 is 2.82 bits per heavy atom. The summed E-state index contributed by atoms with van der Waals surface area (Å²) < 4.78 is 0. The molecule has 0 unspecified atom stereocenters. The Hall–Kier alpha value is -1.06. The van der Waals surface area contributed by atoms with Gasteiger partial charge in [-0.25, -0.2) is 0 Å². The first-order chi connectivity index (χ1) is 8.25. The quantitative estimate of drug-likeness (QED) is 0.827. The summed E-state index contributed by atoms with van der Waals surface area (Å²) in [6.45, 7) is 1.99. The van der Waals surface area contributed by atoms with Gasteiger partial charge >= 0.3 is 0 Å². The van der Waals surface area contributed by atoms with E-state index in [9.17, 15) is 4.79 Å². The number of benzene rings is 1. The highest BCUT2D eigenvalue weighted by Crippen LogP contribution is 2.34. The maximum atomic E-state index is 12.1. The first-order valence-corrected chi connectivity index (χ1v) is 6.45. The summed E-state index contributed by atoms with van der Waals surface area (Å²) in [7, 11) is 0. The van der Waals surface area contributed by atoms with Crippen LogP contribution in [0, 0.1) is 0 Å². The van der Waals surface area contributed by atoms with Crippen LogP contribution in [0.2, 0.25) is 5.02 Å². The van der Waals surface area contributed by atoms with E-state index in [0.717, 1.165) is 37.2 Å². The van der Waals surface area contributed by atoms with E-state index in [0.29, 0.717) is 17.5 Å². The van der Waals surface area contributed by atoms with Gasteiger partial charge in [-0.1, -0.05) is 11.6 Å². The van der Waals surface area contributed by atoms with E-state index in [2.05, 4.69) is 5.32 Å². The number of anilines is 1. The molecule has 0 aliphatic carbocycles. The second kappa shape index (κ2) is 4.31. The van der Waals surface area contributed by atoms with Gasteiger partial charge < -0.3 is 10.2 Å². The van der Waals surface area contributed by atoms with Gasteiger partial charge in [0, 0.05) is 16.8 Å². The van der Waals surface area contributed by atoms with Crippen LogP contribution in [0.1, 0.15) is 18.4 Å². The Balaban J connectivity index is 1.93. The number of piperidine rings is 1. The number of carbonyl (C=O) groups is 1. The average Bonchev–Trinajstić information content (AvgIpc) is 2.65. The van der Waals surface area contributed by atoms with E-state index in [4.69, 9.17) is 11.6 Å². The topological polar surface area (TPSA) is 32.3 Å². The molecule has 2 heterocycles. The zero-order chi connectivity index (χ0) is 11.8. The third-order valence-corrected chi connectivity index (χ3v) is 3.82. The minimum atomic E-state index is 0.217. The van der Waals surface area contributed by atoms with Crippen LogP contribution in [0.15, 0.2) is 18.2 Å². The van der Waals surface area contributed by atoms with E-state index in [1.807, 2.05) is 23.1 Å². The lowest BCUT2D eigenvalue weighted by Gasteiger charge is -2.32. The Labute approximate surface area is 106 Å². The monoisotopic (exact) mass is 250 g/mol. The minimum absolute atomic E-state index is 0.217. The van der Waals surface area contributed by atoms with E-state index < -0.39 is 0 Å². The zero-order valence-electron chi connectivity index (χ0n) is 9.58. The summed E-state index contributed by atoms with van der Waals surface area (Å²) in [6, 6.07) is 6.11. The van der Waals surface area contributed by atoms with Crippen LogP contribution in [0.5, 0.6) is 0 Å². The Kier molecular flexibility index (Phi) is 2.81. The molecule has 1 saturated heterocycles. The molecule has 0 saturated carbocycles. The van der Waals surface area contributed by atoms with Crippen molar-refractivity contribution in [2.75, 3.05) is 18.0 Å². The fourth-order valence-electron chi connectivity index (χ4n) is 2.78. The Morgan fingerprint density at radius 2 is 2.06 bits per heavy atom. The predicted octanol–water partition coefficient (Wildman–Crippen LogP) is 1.98. The third kappa shape index (κ3) is 1.94. The molecule has 0 radical (unpaired) electrons. The normalized spacial score (nSPS) is 20.8. The number of carbonyl (C=O) groups excluding carboxylic acids is 1. The first kappa shape index (κ1) is 11.1. The second-order valence-corrected chi connectivity index (χ2v) is 5.13. The number of hydrogen-bond donors (Lipinski definition) is 1. The third-order valence-electron chi connectivity index (χ3n) is 3.59. The van der Waals surface area contributed by atoms with Gasteiger partial charge in [0.1, 0.15) is 0 Å². The van der Waals surface area contributed by atoms with Gasteiger partial charge in [-0.05, 0) is 49.7 Å². The highest BCUT2D eigenvalue weighted by Gasteiger charge is 2.33. The molecule has 3 rings (SSSR count). The number of halogens is 1. The van der Waals surface area contributed by atoms with Crippen molar-refractivity contribution in [3.63, 3.8) is 0 Å². The molecule has 0 aromatic heterocycles. The van der Waals surface area contributed by atoms with Crippen LogP contribution in [0.25, 0.3) is 0 Å². The van der Waals surface area contributed by atoms with Gasteiger partial charge in [0.05, 0.1) is 6.42 Å². The van der Waals surface area contributed by atoms with Crippen molar-refractivity contribution in [1.82, 2.24) is 5.32 Å². The molecule has 0 atom stereocenters. The van der Waals surface area contributed by atoms with Crippen LogP contribution in [0.3, 0.4) is 0 Å². The maximum Gasteiger partial charge on any atom is 0.231 e. The van der Waals surface area contributed by atoms with E-state index >= 15 is 0 Å². The van der Waals surface area contributed by atoms with Crippen LogP contribution in [0.4, 0.5) is 5.69 Å². The van der Waals surface area contributed by atoms with Crippen LogP contribution in [-0.2, 0) is 11.2 Å². The smallest absolute Gasteiger partial charge is 0.231 e. The standard InChI is InChI=1S/C13H15ClN2O/c14-10-1-2-12-9(7-10)8-13(17)16(12)11-3-5-15-6-4-11/h1-2,7,11,15H,3-6,8H2. The highest BCUT2D eigenvalue weighted by atomic mass is 35.5.